The molecule has 0 fully saturated rings. The molecule has 4 nitrogen and oxygen atoms in total. The van der Waals surface area contributed by atoms with E-state index in [-0.39, 0.29) is 16.6 Å². The monoisotopic (exact) mass is 288 g/mol. The molecule has 3 N–H and O–H groups in total. The zero-order valence-electron chi connectivity index (χ0n) is 11.5. The van der Waals surface area contributed by atoms with E-state index in [1.165, 1.54) is 12.1 Å². The molecule has 0 aromatic heterocycles. The Morgan fingerprint density at radius 3 is 2.58 bits per heavy atom. The number of sulfonamides is 1. The molecule has 1 aromatic rings. The Morgan fingerprint density at radius 2 is 2.00 bits per heavy atom. The average Bonchev–Trinajstić information content (AvgIpc) is 2.31. The number of anilines is 1. The third-order valence-electron chi connectivity index (χ3n) is 3.11. The molecule has 0 spiro atoms. The molecule has 1 aromatic carbocycles. The largest absolute Gasteiger partial charge is 0.395 e. The number of nitrogens with one attached hydrogen (secondary N) is 1. The molecule has 2 unspecified atom stereocenters. The van der Waals surface area contributed by atoms with Gasteiger partial charge in [-0.25, -0.2) is 17.5 Å². The Balaban J connectivity index is 2.90. The van der Waals surface area contributed by atoms with E-state index in [4.69, 9.17) is 5.73 Å². The fourth-order valence-electron chi connectivity index (χ4n) is 1.90. The van der Waals surface area contributed by atoms with Crippen LogP contribution < -0.4 is 10.5 Å². The molecule has 0 bridgehead atoms. The molecule has 0 heterocycles. The summed E-state index contributed by atoms with van der Waals surface area (Å²) in [7, 11) is -3.78. The van der Waals surface area contributed by atoms with E-state index in [9.17, 15) is 12.8 Å². The van der Waals surface area contributed by atoms with Gasteiger partial charge in [-0.05, 0) is 31.4 Å². The first-order valence-corrected chi connectivity index (χ1v) is 7.82. The number of rotatable bonds is 6. The van der Waals surface area contributed by atoms with Crippen LogP contribution in [-0.2, 0) is 10.0 Å². The normalized spacial score (nSPS) is 15.2. The summed E-state index contributed by atoms with van der Waals surface area (Å²) in [5.74, 6) is -0.306. The van der Waals surface area contributed by atoms with E-state index in [1.54, 1.807) is 6.92 Å². The van der Waals surface area contributed by atoms with Crippen molar-refractivity contribution in [3.05, 3.63) is 24.0 Å². The molecule has 0 saturated carbocycles. The highest BCUT2D eigenvalue weighted by atomic mass is 32.2. The van der Waals surface area contributed by atoms with Gasteiger partial charge in [0, 0.05) is 6.04 Å². The van der Waals surface area contributed by atoms with Gasteiger partial charge in [-0.3, -0.25) is 0 Å². The van der Waals surface area contributed by atoms with E-state index < -0.39 is 15.8 Å². The minimum Gasteiger partial charge on any atom is -0.395 e. The lowest BCUT2D eigenvalue weighted by Gasteiger charge is -2.18. The van der Waals surface area contributed by atoms with Gasteiger partial charge in [-0.1, -0.05) is 26.3 Å². The van der Waals surface area contributed by atoms with Crippen molar-refractivity contribution in [2.24, 2.45) is 5.92 Å². The van der Waals surface area contributed by atoms with Gasteiger partial charge in [0.05, 0.1) is 5.69 Å². The molecule has 1 rings (SSSR count). The summed E-state index contributed by atoms with van der Waals surface area (Å²) in [5.41, 5.74) is 5.14. The SMILES string of the molecule is CCC(C)CC(C)NS(=O)(=O)c1cccc(F)c1N. The summed E-state index contributed by atoms with van der Waals surface area (Å²) in [6.45, 7) is 5.90. The number of hydrogen-bond donors (Lipinski definition) is 2. The number of para-hydroxylation sites is 1. The zero-order valence-corrected chi connectivity index (χ0v) is 12.3. The highest BCUT2D eigenvalue weighted by molar-refractivity contribution is 7.89. The van der Waals surface area contributed by atoms with E-state index in [0.717, 1.165) is 18.9 Å². The van der Waals surface area contributed by atoms with Crippen LogP contribution in [0.15, 0.2) is 23.1 Å². The van der Waals surface area contributed by atoms with Crippen molar-refractivity contribution in [2.75, 3.05) is 5.73 Å². The first-order chi connectivity index (χ1) is 8.77. The minimum atomic E-state index is -3.78. The van der Waals surface area contributed by atoms with Crippen molar-refractivity contribution >= 4 is 15.7 Å². The maximum atomic E-state index is 13.3. The zero-order chi connectivity index (χ0) is 14.6. The van der Waals surface area contributed by atoms with Crippen LogP contribution in [0.4, 0.5) is 10.1 Å². The number of nitrogen functional groups attached to an aromatic ring is 1. The molecule has 6 heteroatoms. The molecule has 0 amide bonds. The topological polar surface area (TPSA) is 72.2 Å². The first kappa shape index (κ1) is 15.9. The van der Waals surface area contributed by atoms with Gasteiger partial charge in [-0.15, -0.1) is 0 Å². The molecular formula is C13H21FN2O2S. The summed E-state index contributed by atoms with van der Waals surface area (Å²) in [6.07, 6.45) is 1.71. The van der Waals surface area contributed by atoms with Crippen LogP contribution in [-0.4, -0.2) is 14.5 Å². The van der Waals surface area contributed by atoms with Crippen molar-refractivity contribution in [1.82, 2.24) is 4.72 Å². The molecule has 0 radical (unpaired) electrons. The summed E-state index contributed by atoms with van der Waals surface area (Å²) in [5, 5.41) is 0. The van der Waals surface area contributed by atoms with Crippen LogP contribution in [0, 0.1) is 11.7 Å². The molecule has 108 valence electrons. The Hall–Kier alpha value is -1.14. The Labute approximate surface area is 114 Å². The van der Waals surface area contributed by atoms with Gasteiger partial charge < -0.3 is 5.73 Å². The van der Waals surface area contributed by atoms with Crippen LogP contribution >= 0.6 is 0 Å². The lowest BCUT2D eigenvalue weighted by Crippen LogP contribution is -2.34. The van der Waals surface area contributed by atoms with Crippen LogP contribution in [0.2, 0.25) is 0 Å². The summed E-state index contributed by atoms with van der Waals surface area (Å²) in [4.78, 5) is -0.205. The van der Waals surface area contributed by atoms with Crippen molar-refractivity contribution in [1.29, 1.82) is 0 Å². The van der Waals surface area contributed by atoms with Gasteiger partial charge in [0.2, 0.25) is 10.0 Å². The third kappa shape index (κ3) is 4.18. The second-order valence-electron chi connectivity index (χ2n) is 4.92. The Kier molecular flexibility index (Phi) is 5.31. The predicted molar refractivity (Wildman–Crippen MR) is 74.7 cm³/mol. The predicted octanol–water partition coefficient (Wildman–Crippen LogP) is 2.51. The number of benzene rings is 1. The molecule has 0 aliphatic carbocycles. The van der Waals surface area contributed by atoms with Gasteiger partial charge in [0.15, 0.2) is 0 Å². The lowest BCUT2D eigenvalue weighted by atomic mass is 10.0. The third-order valence-corrected chi connectivity index (χ3v) is 4.76. The summed E-state index contributed by atoms with van der Waals surface area (Å²) >= 11 is 0. The Morgan fingerprint density at radius 1 is 1.37 bits per heavy atom. The van der Waals surface area contributed by atoms with Crippen LogP contribution in [0.25, 0.3) is 0 Å². The highest BCUT2D eigenvalue weighted by Crippen LogP contribution is 2.21. The lowest BCUT2D eigenvalue weighted by molar-refractivity contribution is 0.445. The van der Waals surface area contributed by atoms with Crippen molar-refractivity contribution in [2.45, 2.75) is 44.6 Å². The number of hydrogen-bond acceptors (Lipinski definition) is 3. The van der Waals surface area contributed by atoms with Crippen LogP contribution in [0.5, 0.6) is 0 Å². The molecule has 19 heavy (non-hydrogen) atoms. The van der Waals surface area contributed by atoms with Crippen molar-refractivity contribution in [3.63, 3.8) is 0 Å². The smallest absolute Gasteiger partial charge is 0.242 e. The van der Waals surface area contributed by atoms with Crippen molar-refractivity contribution < 1.29 is 12.8 Å². The molecule has 0 aliphatic heterocycles. The Bertz CT molecular complexity index is 531. The van der Waals surface area contributed by atoms with Gasteiger partial charge in [0.1, 0.15) is 10.7 Å². The molecule has 0 aliphatic rings. The minimum absolute atomic E-state index is 0.205. The fourth-order valence-corrected chi connectivity index (χ4v) is 3.30. The van der Waals surface area contributed by atoms with Crippen LogP contribution in [0.1, 0.15) is 33.6 Å². The number of halogens is 1. The van der Waals surface area contributed by atoms with Gasteiger partial charge in [0.25, 0.3) is 0 Å². The van der Waals surface area contributed by atoms with E-state index in [0.29, 0.717) is 5.92 Å². The van der Waals surface area contributed by atoms with Gasteiger partial charge >= 0.3 is 0 Å². The second kappa shape index (κ2) is 6.34. The van der Waals surface area contributed by atoms with E-state index in [1.807, 2.05) is 0 Å². The molecular weight excluding hydrogens is 267 g/mol. The molecule has 0 saturated heterocycles. The maximum absolute atomic E-state index is 13.3. The second-order valence-corrected chi connectivity index (χ2v) is 6.61. The van der Waals surface area contributed by atoms with E-state index in [2.05, 4.69) is 18.6 Å². The summed E-state index contributed by atoms with van der Waals surface area (Å²) < 4.78 is 40.1. The summed E-state index contributed by atoms with van der Waals surface area (Å²) in [6, 6.07) is 3.55. The number of nitrogens with two attached hydrogens (primary N) is 1. The van der Waals surface area contributed by atoms with E-state index >= 15 is 0 Å². The standard InChI is InChI=1S/C13H21FN2O2S/c1-4-9(2)8-10(3)16-19(17,18)12-7-5-6-11(14)13(12)15/h5-7,9-10,16H,4,8,15H2,1-3H3. The quantitative estimate of drug-likeness (QED) is 0.790. The molecule has 2 atom stereocenters. The maximum Gasteiger partial charge on any atom is 0.242 e. The van der Waals surface area contributed by atoms with Crippen molar-refractivity contribution in [3.8, 4) is 0 Å². The van der Waals surface area contributed by atoms with Crippen LogP contribution in [0.3, 0.4) is 0 Å². The average molecular weight is 288 g/mol. The highest BCUT2D eigenvalue weighted by Gasteiger charge is 2.22. The van der Waals surface area contributed by atoms with Gasteiger partial charge in [-0.2, -0.15) is 0 Å². The fraction of sp³-hybridized carbons (Fsp3) is 0.538. The first-order valence-electron chi connectivity index (χ1n) is 6.34.